The summed E-state index contributed by atoms with van der Waals surface area (Å²) in [5.41, 5.74) is 7.75. The Kier molecular flexibility index (Phi) is 8.07. The Morgan fingerprint density at radius 1 is 1.00 bits per heavy atom. The number of aliphatic hydroxyl groups excluding tert-OH is 1. The molecule has 1 aliphatic rings. The van der Waals surface area contributed by atoms with Crippen LogP contribution in [0, 0.1) is 12.8 Å². The molecule has 4 rings (SSSR count). The van der Waals surface area contributed by atoms with Gasteiger partial charge in [0.2, 0.25) is 0 Å². The normalized spacial score (nSPS) is 17.9. The molecule has 3 nitrogen and oxygen atoms in total. The van der Waals surface area contributed by atoms with Gasteiger partial charge in [0.15, 0.2) is 0 Å². The summed E-state index contributed by atoms with van der Waals surface area (Å²) in [4.78, 5) is 12.0. The number of rotatable bonds is 8. The highest BCUT2D eigenvalue weighted by molar-refractivity contribution is 5.89. The van der Waals surface area contributed by atoms with Crippen molar-refractivity contribution in [3.8, 4) is 11.1 Å². The first-order chi connectivity index (χ1) is 16.9. The van der Waals surface area contributed by atoms with Gasteiger partial charge in [-0.3, -0.25) is 0 Å². The first-order valence-corrected chi connectivity index (χ1v) is 13.0. The first-order valence-electron chi connectivity index (χ1n) is 13.0. The third-order valence-electron chi connectivity index (χ3n) is 7.52. The van der Waals surface area contributed by atoms with Crippen molar-refractivity contribution in [2.24, 2.45) is 5.92 Å². The molecule has 3 aromatic carbocycles. The molecule has 1 fully saturated rings. The van der Waals surface area contributed by atoms with Crippen LogP contribution in [0.15, 0.2) is 60.7 Å². The summed E-state index contributed by atoms with van der Waals surface area (Å²) in [5, 5.41) is 11.6. The van der Waals surface area contributed by atoms with Crippen LogP contribution in [0.5, 0.6) is 0 Å². The van der Waals surface area contributed by atoms with Gasteiger partial charge < -0.3 is 9.84 Å². The van der Waals surface area contributed by atoms with E-state index in [0.29, 0.717) is 17.9 Å². The molecule has 0 radical (unpaired) electrons. The Bertz CT molecular complexity index is 1210. The average molecular weight is 471 g/mol. The fourth-order valence-corrected chi connectivity index (χ4v) is 5.32. The molecule has 3 aromatic rings. The van der Waals surface area contributed by atoms with Crippen molar-refractivity contribution in [3.63, 3.8) is 0 Å². The highest BCUT2D eigenvalue weighted by atomic mass is 16.5. The molecule has 184 valence electrons. The van der Waals surface area contributed by atoms with Gasteiger partial charge >= 0.3 is 5.97 Å². The number of esters is 1. The Labute approximate surface area is 209 Å². The quantitative estimate of drug-likeness (QED) is 0.272. The second kappa shape index (κ2) is 11.2. The number of hydrogen-bond acceptors (Lipinski definition) is 3. The number of ether oxygens (including phenoxy) is 1. The molecule has 0 heterocycles. The van der Waals surface area contributed by atoms with Gasteiger partial charge in [-0.2, -0.15) is 0 Å². The molecule has 35 heavy (non-hydrogen) atoms. The van der Waals surface area contributed by atoms with Crippen molar-refractivity contribution in [2.75, 3.05) is 6.61 Å². The van der Waals surface area contributed by atoms with E-state index in [1.165, 1.54) is 47.9 Å². The minimum atomic E-state index is -0.380. The lowest BCUT2D eigenvalue weighted by Gasteiger charge is -2.27. The molecule has 0 amide bonds. The van der Waals surface area contributed by atoms with E-state index < -0.39 is 0 Å². The minimum absolute atomic E-state index is 0.136. The van der Waals surface area contributed by atoms with E-state index in [1.807, 2.05) is 0 Å². The van der Waals surface area contributed by atoms with Gasteiger partial charge in [0.1, 0.15) is 6.61 Å². The Balaban J connectivity index is 1.63. The Morgan fingerprint density at radius 3 is 2.43 bits per heavy atom. The third kappa shape index (κ3) is 6.02. The molecule has 0 aliphatic heterocycles. The van der Waals surface area contributed by atoms with E-state index in [9.17, 15) is 9.90 Å². The molecular formula is C32H38O3. The van der Waals surface area contributed by atoms with Gasteiger partial charge in [-0.1, -0.05) is 62.7 Å². The van der Waals surface area contributed by atoms with Gasteiger partial charge in [0.05, 0.1) is 0 Å². The van der Waals surface area contributed by atoms with Crippen molar-refractivity contribution >= 4 is 16.7 Å². The Morgan fingerprint density at radius 2 is 1.74 bits per heavy atom. The molecule has 1 aliphatic carbocycles. The van der Waals surface area contributed by atoms with Crippen LogP contribution in [-0.2, 0) is 22.6 Å². The van der Waals surface area contributed by atoms with Gasteiger partial charge in [0.25, 0.3) is 0 Å². The van der Waals surface area contributed by atoms with Gasteiger partial charge in [-0.25, -0.2) is 4.79 Å². The van der Waals surface area contributed by atoms with Crippen LogP contribution in [0.3, 0.4) is 0 Å². The number of fused-ring (bicyclic) bond motifs is 1. The number of carbonyl (C=O) groups excluding carboxylic acids is 1. The molecule has 0 spiro atoms. The fourth-order valence-electron chi connectivity index (χ4n) is 5.32. The summed E-state index contributed by atoms with van der Waals surface area (Å²) < 4.78 is 5.47. The van der Waals surface area contributed by atoms with Crippen LogP contribution in [0.25, 0.3) is 21.9 Å². The van der Waals surface area contributed by atoms with Crippen molar-refractivity contribution in [3.05, 3.63) is 82.9 Å². The van der Waals surface area contributed by atoms with E-state index in [2.05, 4.69) is 69.0 Å². The molecule has 1 saturated carbocycles. The molecular weight excluding hydrogens is 432 g/mol. The predicted octanol–water partition coefficient (Wildman–Crippen LogP) is 7.65. The smallest absolute Gasteiger partial charge is 0.333 e. The Hall–Kier alpha value is -2.91. The van der Waals surface area contributed by atoms with Gasteiger partial charge in [-0.05, 0) is 108 Å². The van der Waals surface area contributed by atoms with Crippen molar-refractivity contribution < 1.29 is 14.6 Å². The predicted molar refractivity (Wildman–Crippen MR) is 145 cm³/mol. The van der Waals surface area contributed by atoms with E-state index in [-0.39, 0.29) is 19.2 Å². The topological polar surface area (TPSA) is 46.5 Å². The third-order valence-corrected chi connectivity index (χ3v) is 7.52. The standard InChI is InChI=1S/C32H38O3/c1-21(2)32(34)35-20-30-19-29-18-28(12-11-27(29)17-25(30)6-5-15-33)31-14-13-26(16-23(31)4)24-9-7-22(3)8-10-24/h11-14,16-19,22,24,33H,1,5-10,15,20H2,2-4H3. The van der Waals surface area contributed by atoms with E-state index >= 15 is 0 Å². The molecule has 0 unspecified atom stereocenters. The minimum Gasteiger partial charge on any atom is -0.457 e. The van der Waals surface area contributed by atoms with Gasteiger partial charge in [-0.15, -0.1) is 0 Å². The number of benzene rings is 3. The lowest BCUT2D eigenvalue weighted by molar-refractivity contribution is -0.140. The van der Waals surface area contributed by atoms with Crippen LogP contribution in [-0.4, -0.2) is 17.7 Å². The fraction of sp³-hybridized carbons (Fsp3) is 0.406. The summed E-state index contributed by atoms with van der Waals surface area (Å²) >= 11 is 0. The summed E-state index contributed by atoms with van der Waals surface area (Å²) in [6, 6.07) is 17.9. The molecule has 1 N–H and O–H groups in total. The van der Waals surface area contributed by atoms with Crippen molar-refractivity contribution in [1.82, 2.24) is 0 Å². The second-order valence-electron chi connectivity index (χ2n) is 10.4. The zero-order valence-electron chi connectivity index (χ0n) is 21.4. The molecule has 0 aromatic heterocycles. The van der Waals surface area contributed by atoms with Crippen LogP contribution in [0.4, 0.5) is 0 Å². The maximum atomic E-state index is 12.0. The number of aliphatic hydroxyl groups is 1. The van der Waals surface area contributed by atoms with Crippen LogP contribution < -0.4 is 0 Å². The molecule has 0 saturated heterocycles. The van der Waals surface area contributed by atoms with Gasteiger partial charge in [0, 0.05) is 12.2 Å². The van der Waals surface area contributed by atoms with E-state index in [1.54, 1.807) is 6.92 Å². The zero-order valence-corrected chi connectivity index (χ0v) is 21.4. The summed E-state index contributed by atoms with van der Waals surface area (Å²) in [7, 11) is 0. The van der Waals surface area contributed by atoms with Crippen molar-refractivity contribution in [1.29, 1.82) is 0 Å². The maximum Gasteiger partial charge on any atom is 0.333 e. The molecule has 3 heteroatoms. The highest BCUT2D eigenvalue weighted by Gasteiger charge is 2.20. The monoisotopic (exact) mass is 470 g/mol. The number of aryl methyl sites for hydroxylation is 2. The molecule has 0 atom stereocenters. The van der Waals surface area contributed by atoms with E-state index in [4.69, 9.17) is 4.74 Å². The summed E-state index contributed by atoms with van der Waals surface area (Å²) in [5.74, 6) is 1.18. The summed E-state index contributed by atoms with van der Waals surface area (Å²) in [6.07, 6.45) is 6.69. The lowest BCUT2D eigenvalue weighted by Crippen LogP contribution is -2.10. The second-order valence-corrected chi connectivity index (χ2v) is 10.4. The zero-order chi connectivity index (χ0) is 24.9. The average Bonchev–Trinajstić information content (AvgIpc) is 2.85. The van der Waals surface area contributed by atoms with Crippen LogP contribution in [0.1, 0.15) is 74.1 Å². The SMILES string of the molecule is C=C(C)C(=O)OCc1cc2cc(-c3ccc(C4CCC(C)CC4)cc3C)ccc2cc1CCCO. The van der Waals surface area contributed by atoms with Crippen LogP contribution >= 0.6 is 0 Å². The van der Waals surface area contributed by atoms with Crippen molar-refractivity contribution in [2.45, 2.75) is 71.8 Å². The largest absolute Gasteiger partial charge is 0.457 e. The lowest BCUT2D eigenvalue weighted by atomic mass is 9.79. The number of hydrogen-bond donors (Lipinski definition) is 1. The highest BCUT2D eigenvalue weighted by Crippen LogP contribution is 2.37. The first kappa shape index (κ1) is 25.2. The molecule has 0 bridgehead atoms. The number of carbonyl (C=O) groups is 1. The van der Waals surface area contributed by atoms with Crippen LogP contribution in [0.2, 0.25) is 0 Å². The van der Waals surface area contributed by atoms with E-state index in [0.717, 1.165) is 34.2 Å². The summed E-state index contributed by atoms with van der Waals surface area (Å²) in [6.45, 7) is 10.3. The maximum absolute atomic E-state index is 12.0.